The van der Waals surface area contributed by atoms with Crippen molar-refractivity contribution >= 4 is 16.6 Å². The van der Waals surface area contributed by atoms with Crippen molar-refractivity contribution in [3.05, 3.63) is 77.1 Å². The van der Waals surface area contributed by atoms with Crippen molar-refractivity contribution in [3.8, 4) is 0 Å². The molecule has 1 aromatic heterocycles. The molecule has 0 saturated carbocycles. The van der Waals surface area contributed by atoms with Gasteiger partial charge in [-0.15, -0.1) is 0 Å². The predicted molar refractivity (Wildman–Crippen MR) is 108 cm³/mol. The molecule has 0 bridgehead atoms. The molecule has 0 N–H and O–H groups in total. The van der Waals surface area contributed by atoms with Gasteiger partial charge in [-0.3, -0.25) is 14.7 Å². The summed E-state index contributed by atoms with van der Waals surface area (Å²) in [5.41, 5.74) is 4.94. The molecule has 3 aromatic rings. The van der Waals surface area contributed by atoms with E-state index in [1.165, 1.54) is 22.1 Å². The normalized spacial score (nSPS) is 19.5. The molecule has 3 heteroatoms. The topological polar surface area (TPSA) is 33.2 Å². The molecule has 2 aromatic carbocycles. The SMILES string of the molecule is O=C(c1ccc2c3c(cccc13)CC2)[C@@H]1CCCN(Cc2cccnc2)C1. The van der Waals surface area contributed by atoms with E-state index < -0.39 is 0 Å². The lowest BCUT2D eigenvalue weighted by atomic mass is 9.87. The molecule has 0 unspecified atom stereocenters. The summed E-state index contributed by atoms with van der Waals surface area (Å²) in [6.07, 6.45) is 8.01. The van der Waals surface area contributed by atoms with E-state index in [9.17, 15) is 4.79 Å². The molecule has 1 atom stereocenters. The zero-order valence-electron chi connectivity index (χ0n) is 15.5. The third kappa shape index (κ3) is 3.06. The zero-order chi connectivity index (χ0) is 18.2. The maximum absolute atomic E-state index is 13.4. The van der Waals surface area contributed by atoms with Crippen LogP contribution in [-0.2, 0) is 19.4 Å². The van der Waals surface area contributed by atoms with Gasteiger partial charge in [-0.1, -0.05) is 36.4 Å². The number of benzene rings is 2. The first-order valence-corrected chi connectivity index (χ1v) is 9.98. The van der Waals surface area contributed by atoms with Crippen LogP contribution in [0.2, 0.25) is 0 Å². The lowest BCUT2D eigenvalue weighted by Crippen LogP contribution is -2.38. The first kappa shape index (κ1) is 16.6. The van der Waals surface area contributed by atoms with Crippen molar-refractivity contribution in [2.24, 2.45) is 5.92 Å². The van der Waals surface area contributed by atoms with Gasteiger partial charge in [-0.25, -0.2) is 0 Å². The minimum absolute atomic E-state index is 0.0916. The van der Waals surface area contributed by atoms with Gasteiger partial charge in [0.05, 0.1) is 0 Å². The molecule has 0 spiro atoms. The second-order valence-electron chi connectivity index (χ2n) is 7.91. The van der Waals surface area contributed by atoms with Crippen LogP contribution in [0.1, 0.15) is 39.9 Å². The van der Waals surface area contributed by atoms with Crippen LogP contribution in [-0.4, -0.2) is 28.8 Å². The first-order valence-electron chi connectivity index (χ1n) is 9.98. The number of hydrogen-bond donors (Lipinski definition) is 0. The Kier molecular flexibility index (Phi) is 4.25. The highest BCUT2D eigenvalue weighted by Gasteiger charge is 2.28. The number of rotatable bonds is 4. The molecule has 2 heterocycles. The van der Waals surface area contributed by atoms with Crippen molar-refractivity contribution in [2.45, 2.75) is 32.2 Å². The second kappa shape index (κ2) is 6.90. The van der Waals surface area contributed by atoms with E-state index in [0.29, 0.717) is 5.78 Å². The second-order valence-corrected chi connectivity index (χ2v) is 7.91. The summed E-state index contributed by atoms with van der Waals surface area (Å²) in [7, 11) is 0. The molecular formula is C24H24N2O. The monoisotopic (exact) mass is 356 g/mol. The standard InChI is InChI=1S/C24H24N2O/c27-24(20-6-3-13-26(16-20)15-17-4-2-12-25-14-17)22-11-10-19-9-8-18-5-1-7-21(22)23(18)19/h1-2,4-5,7,10-12,14,20H,3,6,8-9,13,15-16H2/t20-/m1/s1. The Hall–Kier alpha value is -2.52. The average Bonchev–Trinajstić information content (AvgIpc) is 3.14. The van der Waals surface area contributed by atoms with E-state index in [0.717, 1.165) is 56.3 Å². The summed E-state index contributed by atoms with van der Waals surface area (Å²) in [4.78, 5) is 20.0. The van der Waals surface area contributed by atoms with E-state index in [1.807, 2.05) is 18.5 Å². The number of pyridine rings is 1. The van der Waals surface area contributed by atoms with Crippen LogP contribution in [0.5, 0.6) is 0 Å². The number of Topliss-reactive ketones (excluding diaryl/α,β-unsaturated/α-hetero) is 1. The Morgan fingerprint density at radius 1 is 1.07 bits per heavy atom. The summed E-state index contributed by atoms with van der Waals surface area (Å²) in [6, 6.07) is 14.8. The molecular weight excluding hydrogens is 332 g/mol. The summed E-state index contributed by atoms with van der Waals surface area (Å²) >= 11 is 0. The average molecular weight is 356 g/mol. The number of likely N-dealkylation sites (tertiary alicyclic amines) is 1. The van der Waals surface area contributed by atoms with Crippen LogP contribution in [0.3, 0.4) is 0 Å². The molecule has 0 radical (unpaired) electrons. The minimum atomic E-state index is 0.0916. The Morgan fingerprint density at radius 2 is 1.96 bits per heavy atom. The Bertz CT molecular complexity index is 986. The van der Waals surface area contributed by atoms with Crippen molar-refractivity contribution in [3.63, 3.8) is 0 Å². The number of piperidine rings is 1. The predicted octanol–water partition coefficient (Wildman–Crippen LogP) is 4.43. The molecule has 136 valence electrons. The van der Waals surface area contributed by atoms with Gasteiger partial charge in [-0.05, 0) is 65.8 Å². The number of carbonyl (C=O) groups excluding carboxylic acids is 1. The number of aromatic nitrogens is 1. The van der Waals surface area contributed by atoms with E-state index in [-0.39, 0.29) is 5.92 Å². The van der Waals surface area contributed by atoms with Gasteiger partial charge in [0.2, 0.25) is 0 Å². The van der Waals surface area contributed by atoms with Crippen molar-refractivity contribution < 1.29 is 4.79 Å². The molecule has 5 rings (SSSR count). The molecule has 1 fully saturated rings. The van der Waals surface area contributed by atoms with Crippen molar-refractivity contribution in [1.82, 2.24) is 9.88 Å². The highest BCUT2D eigenvalue weighted by Crippen LogP contribution is 2.34. The zero-order valence-corrected chi connectivity index (χ0v) is 15.5. The molecule has 27 heavy (non-hydrogen) atoms. The van der Waals surface area contributed by atoms with E-state index in [1.54, 1.807) is 0 Å². The van der Waals surface area contributed by atoms with E-state index in [4.69, 9.17) is 0 Å². The van der Waals surface area contributed by atoms with Crippen LogP contribution in [0, 0.1) is 5.92 Å². The summed E-state index contributed by atoms with van der Waals surface area (Å²) in [6.45, 7) is 2.78. The fourth-order valence-corrected chi connectivity index (χ4v) is 4.84. The minimum Gasteiger partial charge on any atom is -0.298 e. The quantitative estimate of drug-likeness (QED) is 0.649. The van der Waals surface area contributed by atoms with Crippen LogP contribution in [0.4, 0.5) is 0 Å². The number of carbonyl (C=O) groups is 1. The van der Waals surface area contributed by atoms with Gasteiger partial charge in [-0.2, -0.15) is 0 Å². The van der Waals surface area contributed by atoms with Gasteiger partial charge in [0, 0.05) is 37.0 Å². The van der Waals surface area contributed by atoms with Gasteiger partial charge in [0.15, 0.2) is 5.78 Å². The molecule has 1 aliphatic carbocycles. The Morgan fingerprint density at radius 3 is 2.81 bits per heavy atom. The smallest absolute Gasteiger partial charge is 0.167 e. The number of aryl methyl sites for hydroxylation is 2. The summed E-state index contributed by atoms with van der Waals surface area (Å²) in [5.74, 6) is 0.412. The van der Waals surface area contributed by atoms with Gasteiger partial charge in [0.25, 0.3) is 0 Å². The molecule has 1 saturated heterocycles. The van der Waals surface area contributed by atoms with E-state index >= 15 is 0 Å². The lowest BCUT2D eigenvalue weighted by molar-refractivity contribution is 0.0813. The molecule has 1 aliphatic heterocycles. The lowest BCUT2D eigenvalue weighted by Gasteiger charge is -2.32. The maximum atomic E-state index is 13.4. The third-order valence-electron chi connectivity index (χ3n) is 6.15. The van der Waals surface area contributed by atoms with Crippen LogP contribution in [0.15, 0.2) is 54.9 Å². The Balaban J connectivity index is 1.40. The van der Waals surface area contributed by atoms with Crippen molar-refractivity contribution in [2.75, 3.05) is 13.1 Å². The number of hydrogen-bond acceptors (Lipinski definition) is 3. The largest absolute Gasteiger partial charge is 0.298 e. The van der Waals surface area contributed by atoms with Gasteiger partial charge in [0.1, 0.15) is 0 Å². The third-order valence-corrected chi connectivity index (χ3v) is 6.15. The van der Waals surface area contributed by atoms with E-state index in [2.05, 4.69) is 46.3 Å². The number of nitrogens with zero attached hydrogens (tertiary/aromatic N) is 2. The highest BCUT2D eigenvalue weighted by atomic mass is 16.1. The van der Waals surface area contributed by atoms with Crippen molar-refractivity contribution in [1.29, 1.82) is 0 Å². The molecule has 3 nitrogen and oxygen atoms in total. The van der Waals surface area contributed by atoms with Crippen LogP contribution in [0.25, 0.3) is 10.8 Å². The van der Waals surface area contributed by atoms with Crippen LogP contribution < -0.4 is 0 Å². The fourth-order valence-electron chi connectivity index (χ4n) is 4.84. The number of ketones is 1. The van der Waals surface area contributed by atoms with Crippen LogP contribution >= 0.6 is 0 Å². The molecule has 0 amide bonds. The fraction of sp³-hybridized carbons (Fsp3) is 0.333. The van der Waals surface area contributed by atoms with Gasteiger partial charge < -0.3 is 0 Å². The Labute approximate surface area is 160 Å². The first-order chi connectivity index (χ1) is 13.3. The molecule has 2 aliphatic rings. The summed E-state index contributed by atoms with van der Waals surface area (Å²) in [5, 5.41) is 2.50. The maximum Gasteiger partial charge on any atom is 0.167 e. The highest BCUT2D eigenvalue weighted by molar-refractivity contribution is 6.11. The van der Waals surface area contributed by atoms with Gasteiger partial charge >= 0.3 is 0 Å². The summed E-state index contributed by atoms with van der Waals surface area (Å²) < 4.78 is 0.